The lowest BCUT2D eigenvalue weighted by Gasteiger charge is -2.34. The number of rotatable bonds is 4. The molecule has 1 saturated carbocycles. The minimum atomic E-state index is -3.34. The van der Waals surface area contributed by atoms with Gasteiger partial charge in [0.05, 0.1) is 16.1 Å². The third-order valence-corrected chi connectivity index (χ3v) is 7.75. The minimum absolute atomic E-state index is 0.121. The van der Waals surface area contributed by atoms with Gasteiger partial charge in [0.2, 0.25) is 0 Å². The molecule has 1 aromatic carbocycles. The SMILES string of the molecule is CC1CC(C(=O)O)CN(C(=O)c2ccc(S(=O)(=O)C3CCCC3)cc2)C1. The van der Waals surface area contributed by atoms with E-state index in [1.807, 2.05) is 6.92 Å². The Hall–Kier alpha value is -1.89. The lowest BCUT2D eigenvalue weighted by atomic mass is 9.90. The van der Waals surface area contributed by atoms with Crippen LogP contribution in [0.2, 0.25) is 0 Å². The number of piperidine rings is 1. The van der Waals surface area contributed by atoms with Crippen molar-refractivity contribution in [1.29, 1.82) is 0 Å². The number of hydrogen-bond donors (Lipinski definition) is 1. The van der Waals surface area contributed by atoms with Crippen molar-refractivity contribution >= 4 is 21.7 Å². The number of nitrogens with zero attached hydrogens (tertiary/aromatic N) is 1. The van der Waals surface area contributed by atoms with E-state index in [1.165, 1.54) is 12.1 Å². The van der Waals surface area contributed by atoms with E-state index in [9.17, 15) is 23.1 Å². The Labute approximate surface area is 154 Å². The first-order valence-electron chi connectivity index (χ1n) is 9.15. The Kier molecular flexibility index (Phi) is 5.37. The third kappa shape index (κ3) is 3.77. The first kappa shape index (κ1) is 18.9. The van der Waals surface area contributed by atoms with Crippen molar-refractivity contribution in [2.24, 2.45) is 11.8 Å². The van der Waals surface area contributed by atoms with Crippen LogP contribution in [0.25, 0.3) is 0 Å². The maximum atomic E-state index is 12.7. The van der Waals surface area contributed by atoms with Crippen LogP contribution in [0, 0.1) is 11.8 Å². The number of carbonyl (C=O) groups excluding carboxylic acids is 1. The molecule has 1 aliphatic heterocycles. The predicted octanol–water partition coefficient (Wildman–Crippen LogP) is 2.59. The second kappa shape index (κ2) is 7.39. The molecule has 2 fully saturated rings. The van der Waals surface area contributed by atoms with Crippen LogP contribution in [0.3, 0.4) is 0 Å². The van der Waals surface area contributed by atoms with E-state index in [0.717, 1.165) is 12.8 Å². The van der Waals surface area contributed by atoms with Gasteiger partial charge in [0.15, 0.2) is 9.84 Å². The van der Waals surface area contributed by atoms with Gasteiger partial charge in [-0.2, -0.15) is 0 Å². The normalized spacial score (nSPS) is 24.6. The molecule has 0 spiro atoms. The zero-order chi connectivity index (χ0) is 18.9. The molecule has 1 amide bonds. The summed E-state index contributed by atoms with van der Waals surface area (Å²) in [6, 6.07) is 6.09. The van der Waals surface area contributed by atoms with E-state index in [4.69, 9.17) is 0 Å². The van der Waals surface area contributed by atoms with Gasteiger partial charge < -0.3 is 10.0 Å². The molecule has 1 aliphatic carbocycles. The van der Waals surface area contributed by atoms with Crippen LogP contribution in [0.15, 0.2) is 29.2 Å². The average molecular weight is 379 g/mol. The van der Waals surface area contributed by atoms with Crippen LogP contribution in [0.1, 0.15) is 49.4 Å². The number of aliphatic carboxylic acids is 1. The van der Waals surface area contributed by atoms with E-state index in [0.29, 0.717) is 31.4 Å². The molecule has 3 rings (SSSR count). The summed E-state index contributed by atoms with van der Waals surface area (Å²) in [7, 11) is -3.34. The fourth-order valence-corrected chi connectivity index (χ4v) is 5.91. The Morgan fingerprint density at radius 2 is 1.69 bits per heavy atom. The van der Waals surface area contributed by atoms with Crippen LogP contribution in [-0.4, -0.2) is 48.6 Å². The molecule has 0 radical (unpaired) electrons. The highest BCUT2D eigenvalue weighted by Crippen LogP contribution is 2.30. The Morgan fingerprint density at radius 1 is 1.08 bits per heavy atom. The number of benzene rings is 1. The van der Waals surface area contributed by atoms with Gasteiger partial charge in [-0.05, 0) is 49.4 Å². The van der Waals surface area contributed by atoms with Crippen molar-refractivity contribution in [3.8, 4) is 0 Å². The van der Waals surface area contributed by atoms with Crippen molar-refractivity contribution in [2.45, 2.75) is 49.2 Å². The van der Waals surface area contributed by atoms with E-state index < -0.39 is 21.7 Å². The van der Waals surface area contributed by atoms with Crippen molar-refractivity contribution in [3.05, 3.63) is 29.8 Å². The maximum Gasteiger partial charge on any atom is 0.308 e. The van der Waals surface area contributed by atoms with Gasteiger partial charge in [-0.1, -0.05) is 19.8 Å². The van der Waals surface area contributed by atoms with Crippen LogP contribution in [0.4, 0.5) is 0 Å². The van der Waals surface area contributed by atoms with Crippen LogP contribution >= 0.6 is 0 Å². The molecule has 1 heterocycles. The van der Waals surface area contributed by atoms with Gasteiger partial charge in [-0.15, -0.1) is 0 Å². The van der Waals surface area contributed by atoms with E-state index in [1.54, 1.807) is 17.0 Å². The lowest BCUT2D eigenvalue weighted by Crippen LogP contribution is -2.45. The van der Waals surface area contributed by atoms with E-state index in [2.05, 4.69) is 0 Å². The van der Waals surface area contributed by atoms with Crippen molar-refractivity contribution < 1.29 is 23.1 Å². The zero-order valence-corrected chi connectivity index (χ0v) is 15.7. The van der Waals surface area contributed by atoms with Crippen molar-refractivity contribution in [1.82, 2.24) is 4.90 Å². The number of carboxylic acids is 1. The summed E-state index contributed by atoms with van der Waals surface area (Å²) in [5, 5.41) is 8.93. The second-order valence-corrected chi connectivity index (χ2v) is 9.79. The van der Waals surface area contributed by atoms with Gasteiger partial charge in [-0.25, -0.2) is 8.42 Å². The number of carboxylic acid groups (broad SMARTS) is 1. The molecule has 1 saturated heterocycles. The van der Waals surface area contributed by atoms with Crippen molar-refractivity contribution in [3.63, 3.8) is 0 Å². The van der Waals surface area contributed by atoms with Crippen LogP contribution < -0.4 is 0 Å². The Balaban J connectivity index is 1.75. The highest BCUT2D eigenvalue weighted by Gasteiger charge is 2.33. The molecule has 0 aromatic heterocycles. The third-order valence-electron chi connectivity index (χ3n) is 5.47. The monoisotopic (exact) mass is 379 g/mol. The zero-order valence-electron chi connectivity index (χ0n) is 14.9. The molecule has 1 N–H and O–H groups in total. The highest BCUT2D eigenvalue weighted by atomic mass is 32.2. The quantitative estimate of drug-likeness (QED) is 0.868. The van der Waals surface area contributed by atoms with Gasteiger partial charge in [0, 0.05) is 18.7 Å². The van der Waals surface area contributed by atoms with Crippen LogP contribution in [-0.2, 0) is 14.6 Å². The average Bonchev–Trinajstić information content (AvgIpc) is 3.16. The summed E-state index contributed by atoms with van der Waals surface area (Å²) in [5.41, 5.74) is 0.397. The standard InChI is InChI=1S/C19H25NO5S/c1-13-10-15(19(22)23)12-20(11-13)18(21)14-6-8-17(9-7-14)26(24,25)16-4-2-3-5-16/h6-9,13,15-16H,2-5,10-12H2,1H3,(H,22,23). The smallest absolute Gasteiger partial charge is 0.308 e. The topological polar surface area (TPSA) is 91.8 Å². The highest BCUT2D eigenvalue weighted by molar-refractivity contribution is 7.92. The predicted molar refractivity (Wildman–Crippen MR) is 96.7 cm³/mol. The number of likely N-dealkylation sites (tertiary alicyclic amines) is 1. The molecule has 2 unspecified atom stereocenters. The maximum absolute atomic E-state index is 12.7. The Bertz CT molecular complexity index is 781. The molecule has 7 heteroatoms. The number of amides is 1. The lowest BCUT2D eigenvalue weighted by molar-refractivity contribution is -0.143. The molecule has 26 heavy (non-hydrogen) atoms. The minimum Gasteiger partial charge on any atom is -0.481 e. The van der Waals surface area contributed by atoms with Crippen molar-refractivity contribution in [2.75, 3.05) is 13.1 Å². The first-order valence-corrected chi connectivity index (χ1v) is 10.7. The van der Waals surface area contributed by atoms with Crippen LogP contribution in [0.5, 0.6) is 0 Å². The fraction of sp³-hybridized carbons (Fsp3) is 0.579. The first-order chi connectivity index (χ1) is 12.3. The van der Waals surface area contributed by atoms with Gasteiger partial charge in [0.1, 0.15) is 0 Å². The summed E-state index contributed by atoms with van der Waals surface area (Å²) in [4.78, 5) is 25.8. The number of hydrogen-bond acceptors (Lipinski definition) is 4. The molecule has 1 aromatic rings. The van der Waals surface area contributed by atoms with E-state index >= 15 is 0 Å². The Morgan fingerprint density at radius 3 is 2.27 bits per heavy atom. The molecule has 2 atom stereocenters. The summed E-state index contributed by atoms with van der Waals surface area (Å²) in [6.45, 7) is 2.65. The molecule has 0 bridgehead atoms. The second-order valence-electron chi connectivity index (χ2n) is 7.56. The van der Waals surface area contributed by atoms with Gasteiger partial charge in [-0.3, -0.25) is 9.59 Å². The number of carbonyl (C=O) groups is 2. The van der Waals surface area contributed by atoms with Gasteiger partial charge in [0.25, 0.3) is 5.91 Å². The molecule has 142 valence electrons. The summed E-state index contributed by atoms with van der Waals surface area (Å²) in [5.74, 6) is -1.56. The fourth-order valence-electron chi connectivity index (χ4n) is 4.06. The summed E-state index contributed by atoms with van der Waals surface area (Å²) >= 11 is 0. The largest absolute Gasteiger partial charge is 0.481 e. The molecule has 6 nitrogen and oxygen atoms in total. The summed E-state index contributed by atoms with van der Waals surface area (Å²) < 4.78 is 25.2. The van der Waals surface area contributed by atoms with Gasteiger partial charge >= 0.3 is 5.97 Å². The molecular formula is C19H25NO5S. The number of sulfone groups is 1. The molecular weight excluding hydrogens is 354 g/mol. The van der Waals surface area contributed by atoms with E-state index in [-0.39, 0.29) is 28.5 Å². The summed E-state index contributed by atoms with van der Waals surface area (Å²) in [6.07, 6.45) is 3.85. The molecule has 2 aliphatic rings.